The first-order valence-electron chi connectivity index (χ1n) is 7.18. The summed E-state index contributed by atoms with van der Waals surface area (Å²) < 4.78 is 1.85. The van der Waals surface area contributed by atoms with Gasteiger partial charge in [-0.05, 0) is 26.0 Å². The summed E-state index contributed by atoms with van der Waals surface area (Å²) in [5, 5.41) is 17.8. The average Bonchev–Trinajstić information content (AvgIpc) is 3.11. The van der Waals surface area contributed by atoms with E-state index in [0.29, 0.717) is 11.8 Å². The predicted molar refractivity (Wildman–Crippen MR) is 91.1 cm³/mol. The first kappa shape index (κ1) is 13.8. The summed E-state index contributed by atoms with van der Waals surface area (Å²) in [6.07, 6.45) is 0. The first-order valence-corrected chi connectivity index (χ1v) is 8.06. The number of aromatic nitrogens is 5. The highest BCUT2D eigenvalue weighted by Crippen LogP contribution is 2.26. The van der Waals surface area contributed by atoms with Crippen molar-refractivity contribution < 1.29 is 0 Å². The molecule has 7 heteroatoms. The summed E-state index contributed by atoms with van der Waals surface area (Å²) in [5.74, 6) is 1.15. The number of nitrogens with zero attached hydrogens (tertiary/aromatic N) is 5. The van der Waals surface area contributed by atoms with Gasteiger partial charge >= 0.3 is 0 Å². The van der Waals surface area contributed by atoms with Crippen molar-refractivity contribution in [2.75, 3.05) is 5.32 Å². The first-order chi connectivity index (χ1) is 11.2. The largest absolute Gasteiger partial charge is 0.306 e. The van der Waals surface area contributed by atoms with Gasteiger partial charge in [0.15, 0.2) is 5.82 Å². The van der Waals surface area contributed by atoms with Gasteiger partial charge in [-0.15, -0.1) is 21.5 Å². The Morgan fingerprint density at radius 3 is 2.57 bits per heavy atom. The van der Waals surface area contributed by atoms with Crippen molar-refractivity contribution in [2.45, 2.75) is 13.8 Å². The zero-order valence-electron chi connectivity index (χ0n) is 12.7. The summed E-state index contributed by atoms with van der Waals surface area (Å²) in [6.45, 7) is 3.97. The second-order valence-electron chi connectivity index (χ2n) is 5.30. The Balaban J connectivity index is 1.68. The minimum Gasteiger partial charge on any atom is -0.306 e. The molecule has 0 saturated heterocycles. The van der Waals surface area contributed by atoms with Gasteiger partial charge in [-0.25, -0.2) is 4.52 Å². The summed E-state index contributed by atoms with van der Waals surface area (Å²) in [6, 6.07) is 12.1. The van der Waals surface area contributed by atoms with Gasteiger partial charge in [0.25, 0.3) is 0 Å². The van der Waals surface area contributed by atoms with Crippen molar-refractivity contribution in [2.24, 2.45) is 0 Å². The lowest BCUT2D eigenvalue weighted by atomic mass is 10.1. The maximum Gasteiger partial charge on any atom is 0.249 e. The zero-order valence-corrected chi connectivity index (χ0v) is 13.5. The molecule has 0 aliphatic rings. The molecule has 0 atom stereocenters. The van der Waals surface area contributed by atoms with Gasteiger partial charge in [0.05, 0.1) is 11.4 Å². The van der Waals surface area contributed by atoms with E-state index in [1.54, 1.807) is 11.3 Å². The van der Waals surface area contributed by atoms with Crippen molar-refractivity contribution in [1.82, 2.24) is 24.8 Å². The topological polar surface area (TPSA) is 68.0 Å². The van der Waals surface area contributed by atoms with Crippen LogP contribution in [-0.2, 0) is 0 Å². The molecule has 1 N–H and O–H groups in total. The minimum atomic E-state index is 0.517. The van der Waals surface area contributed by atoms with Gasteiger partial charge < -0.3 is 5.32 Å². The van der Waals surface area contributed by atoms with Crippen LogP contribution in [0.4, 0.5) is 11.8 Å². The van der Waals surface area contributed by atoms with Crippen LogP contribution >= 0.6 is 11.3 Å². The van der Waals surface area contributed by atoms with Gasteiger partial charge in [0, 0.05) is 10.9 Å². The van der Waals surface area contributed by atoms with Crippen LogP contribution in [0.25, 0.3) is 16.2 Å². The van der Waals surface area contributed by atoms with E-state index in [1.165, 1.54) is 5.56 Å². The highest BCUT2D eigenvalue weighted by Gasteiger charge is 2.12. The number of nitrogens with one attached hydrogen (secondary N) is 1. The third-order valence-corrected chi connectivity index (χ3v) is 4.28. The second kappa shape index (κ2) is 5.44. The molecule has 0 radical (unpaired) electrons. The lowest BCUT2D eigenvalue weighted by Crippen LogP contribution is -1.98. The number of thiazole rings is 1. The molecule has 3 heterocycles. The predicted octanol–water partition coefficient (Wildman–Crippen LogP) is 3.61. The molecule has 0 bridgehead atoms. The molecular formula is C16H14N6S. The lowest BCUT2D eigenvalue weighted by molar-refractivity contribution is 0.965. The number of hydrogen-bond acceptors (Lipinski definition) is 6. The highest BCUT2D eigenvalue weighted by molar-refractivity contribution is 7.15. The van der Waals surface area contributed by atoms with E-state index in [4.69, 9.17) is 0 Å². The van der Waals surface area contributed by atoms with E-state index in [-0.39, 0.29) is 0 Å². The standard InChI is InChI=1S/C16H14N6S/c1-10-3-6-12(7-4-10)13-9-23-16-18-15(21-22(13)16)17-14-8-5-11(2)19-20-14/h3-9H,1-2H3,(H,17,20,21). The van der Waals surface area contributed by atoms with Crippen LogP contribution < -0.4 is 5.32 Å². The molecule has 6 nitrogen and oxygen atoms in total. The zero-order chi connectivity index (χ0) is 15.8. The van der Waals surface area contributed by atoms with Gasteiger partial charge in [-0.2, -0.15) is 10.1 Å². The molecule has 23 heavy (non-hydrogen) atoms. The van der Waals surface area contributed by atoms with Crippen LogP contribution in [0.15, 0.2) is 41.8 Å². The fourth-order valence-electron chi connectivity index (χ4n) is 2.24. The molecule has 0 saturated carbocycles. The van der Waals surface area contributed by atoms with Gasteiger partial charge in [0.2, 0.25) is 10.9 Å². The molecule has 1 aromatic carbocycles. The number of aryl methyl sites for hydroxylation is 2. The van der Waals surface area contributed by atoms with Crippen molar-refractivity contribution in [3.05, 3.63) is 53.0 Å². The molecule has 0 fully saturated rings. The summed E-state index contributed by atoms with van der Waals surface area (Å²) in [5.41, 5.74) is 4.25. The van der Waals surface area contributed by atoms with E-state index in [0.717, 1.165) is 21.9 Å². The molecule has 4 rings (SSSR count). The summed E-state index contributed by atoms with van der Waals surface area (Å²) >= 11 is 1.56. The average molecular weight is 322 g/mol. The number of rotatable bonds is 3. The van der Waals surface area contributed by atoms with Crippen LogP contribution in [0.2, 0.25) is 0 Å². The highest BCUT2D eigenvalue weighted by atomic mass is 32.1. The third kappa shape index (κ3) is 2.66. The maximum absolute atomic E-state index is 4.53. The Morgan fingerprint density at radius 2 is 1.83 bits per heavy atom. The molecule has 0 aliphatic heterocycles. The lowest BCUT2D eigenvalue weighted by Gasteiger charge is -2.00. The number of benzene rings is 1. The quantitative estimate of drug-likeness (QED) is 0.624. The van der Waals surface area contributed by atoms with E-state index in [9.17, 15) is 0 Å². The number of anilines is 2. The van der Waals surface area contributed by atoms with Gasteiger partial charge in [-0.1, -0.05) is 29.8 Å². The normalized spacial score (nSPS) is 11.0. The van der Waals surface area contributed by atoms with Crippen LogP contribution in [0.1, 0.15) is 11.3 Å². The summed E-state index contributed by atoms with van der Waals surface area (Å²) in [7, 11) is 0. The Kier molecular flexibility index (Phi) is 3.27. The smallest absolute Gasteiger partial charge is 0.249 e. The Hall–Kier alpha value is -2.80. The van der Waals surface area contributed by atoms with E-state index in [1.807, 2.05) is 23.6 Å². The second-order valence-corrected chi connectivity index (χ2v) is 6.14. The number of fused-ring (bicyclic) bond motifs is 1. The van der Waals surface area contributed by atoms with Crippen LogP contribution in [0, 0.1) is 13.8 Å². The van der Waals surface area contributed by atoms with Gasteiger partial charge in [-0.3, -0.25) is 0 Å². The van der Waals surface area contributed by atoms with Crippen LogP contribution in [0.5, 0.6) is 0 Å². The number of hydrogen-bond donors (Lipinski definition) is 1. The fourth-order valence-corrected chi connectivity index (χ4v) is 3.07. The van der Waals surface area contributed by atoms with Crippen molar-refractivity contribution in [3.8, 4) is 11.3 Å². The Bertz CT molecular complexity index is 953. The molecule has 4 aromatic rings. The molecule has 3 aromatic heterocycles. The minimum absolute atomic E-state index is 0.517. The third-order valence-electron chi connectivity index (χ3n) is 3.47. The molecule has 0 amide bonds. The van der Waals surface area contributed by atoms with E-state index < -0.39 is 0 Å². The molecule has 114 valence electrons. The monoisotopic (exact) mass is 322 g/mol. The van der Waals surface area contributed by atoms with E-state index >= 15 is 0 Å². The van der Waals surface area contributed by atoms with Crippen LogP contribution in [-0.4, -0.2) is 24.8 Å². The van der Waals surface area contributed by atoms with Gasteiger partial charge in [0.1, 0.15) is 0 Å². The SMILES string of the molecule is Cc1ccc(-c2csc3nc(Nc4ccc(C)nn4)nn23)cc1. The van der Waals surface area contributed by atoms with Crippen molar-refractivity contribution in [3.63, 3.8) is 0 Å². The summed E-state index contributed by atoms with van der Waals surface area (Å²) in [4.78, 5) is 5.32. The fraction of sp³-hybridized carbons (Fsp3) is 0.125. The van der Waals surface area contributed by atoms with Crippen molar-refractivity contribution in [1.29, 1.82) is 0 Å². The molecule has 0 unspecified atom stereocenters. The van der Waals surface area contributed by atoms with Crippen LogP contribution in [0.3, 0.4) is 0 Å². The molecule has 0 spiro atoms. The van der Waals surface area contributed by atoms with Crippen molar-refractivity contribution >= 4 is 28.1 Å². The molecule has 0 aliphatic carbocycles. The molecular weight excluding hydrogens is 308 g/mol. The maximum atomic E-state index is 4.53. The Morgan fingerprint density at radius 1 is 1.00 bits per heavy atom. The van der Waals surface area contributed by atoms with E-state index in [2.05, 4.69) is 62.2 Å². The Labute approximate surface area is 136 Å².